The maximum Gasteiger partial charge on any atom is 0.0361 e. The second kappa shape index (κ2) is 11.0. The van der Waals surface area contributed by atoms with Gasteiger partial charge < -0.3 is 4.90 Å². The molecule has 0 saturated heterocycles. The van der Waals surface area contributed by atoms with E-state index in [9.17, 15) is 0 Å². The van der Waals surface area contributed by atoms with Crippen LogP contribution in [0.5, 0.6) is 0 Å². The minimum atomic E-state index is 1.01. The van der Waals surface area contributed by atoms with Gasteiger partial charge in [0.1, 0.15) is 0 Å². The van der Waals surface area contributed by atoms with Gasteiger partial charge in [-0.2, -0.15) is 0 Å². The lowest BCUT2D eigenvalue weighted by Gasteiger charge is -2.13. The summed E-state index contributed by atoms with van der Waals surface area (Å²) >= 11 is 0. The highest BCUT2D eigenvalue weighted by Crippen LogP contribution is 2.40. The van der Waals surface area contributed by atoms with Crippen LogP contribution in [0.15, 0.2) is 84.9 Å². The molecule has 0 aromatic heterocycles. The number of nitrogens with zero attached hydrogens (tertiary/aromatic N) is 1. The molecule has 0 spiro atoms. The predicted molar refractivity (Wildman–Crippen MR) is 147 cm³/mol. The van der Waals surface area contributed by atoms with Crippen molar-refractivity contribution in [3.05, 3.63) is 102 Å². The van der Waals surface area contributed by atoms with E-state index in [0.717, 1.165) is 6.42 Å². The SMILES string of the molecule is CC.CC.Cc1ccc(-c2ccc3c(c2)Cc2cc(-c4ccc(N(C)C)cc4)ccc2-3)cc1. The van der Waals surface area contributed by atoms with E-state index in [1.165, 1.54) is 55.8 Å². The lowest BCUT2D eigenvalue weighted by Crippen LogP contribution is -2.07. The molecule has 1 nitrogen and oxygen atoms in total. The zero-order valence-corrected chi connectivity index (χ0v) is 21.2. The Hall–Kier alpha value is -3.32. The second-order valence-electron chi connectivity index (χ2n) is 8.23. The van der Waals surface area contributed by atoms with Gasteiger partial charge >= 0.3 is 0 Å². The first kappa shape index (κ1) is 24.3. The number of benzene rings is 4. The van der Waals surface area contributed by atoms with E-state index in [0.29, 0.717) is 0 Å². The molecule has 0 N–H and O–H groups in total. The van der Waals surface area contributed by atoms with Crippen molar-refractivity contribution in [1.82, 2.24) is 0 Å². The molecule has 0 saturated carbocycles. The van der Waals surface area contributed by atoms with Crippen molar-refractivity contribution in [1.29, 1.82) is 0 Å². The summed E-state index contributed by atoms with van der Waals surface area (Å²) in [7, 11) is 4.15. The van der Waals surface area contributed by atoms with E-state index < -0.39 is 0 Å². The quantitative estimate of drug-likeness (QED) is 0.273. The van der Waals surface area contributed by atoms with Crippen LogP contribution >= 0.6 is 0 Å². The van der Waals surface area contributed by atoms with Crippen molar-refractivity contribution in [2.75, 3.05) is 19.0 Å². The summed E-state index contributed by atoms with van der Waals surface area (Å²) in [5.41, 5.74) is 13.3. The van der Waals surface area contributed by atoms with Crippen molar-refractivity contribution in [2.45, 2.75) is 41.0 Å². The van der Waals surface area contributed by atoms with Crippen LogP contribution in [0.2, 0.25) is 0 Å². The first-order chi connectivity index (χ1) is 16.1. The van der Waals surface area contributed by atoms with Gasteiger partial charge in [-0.25, -0.2) is 0 Å². The number of hydrogen-bond acceptors (Lipinski definition) is 1. The van der Waals surface area contributed by atoms with Gasteiger partial charge in [0.2, 0.25) is 0 Å². The second-order valence-corrected chi connectivity index (χ2v) is 8.23. The first-order valence-corrected chi connectivity index (χ1v) is 12.2. The highest BCUT2D eigenvalue weighted by molar-refractivity contribution is 5.82. The number of aryl methyl sites for hydroxylation is 1. The normalized spacial score (nSPS) is 10.8. The van der Waals surface area contributed by atoms with Crippen molar-refractivity contribution in [3.8, 4) is 33.4 Å². The van der Waals surface area contributed by atoms with Gasteiger partial charge in [-0.15, -0.1) is 0 Å². The van der Waals surface area contributed by atoms with Gasteiger partial charge in [0.25, 0.3) is 0 Å². The van der Waals surface area contributed by atoms with Gasteiger partial charge in [0.05, 0.1) is 0 Å². The van der Waals surface area contributed by atoms with Crippen LogP contribution in [0, 0.1) is 6.92 Å². The summed E-state index contributed by atoms with van der Waals surface area (Å²) in [6, 6.07) is 31.4. The Labute approximate surface area is 200 Å². The van der Waals surface area contributed by atoms with Crippen molar-refractivity contribution in [3.63, 3.8) is 0 Å². The summed E-state index contributed by atoms with van der Waals surface area (Å²) in [6.07, 6.45) is 1.01. The molecule has 0 heterocycles. The summed E-state index contributed by atoms with van der Waals surface area (Å²) in [6.45, 7) is 10.1. The Morgan fingerprint density at radius 2 is 0.909 bits per heavy atom. The van der Waals surface area contributed by atoms with Crippen LogP contribution < -0.4 is 4.90 Å². The van der Waals surface area contributed by atoms with Gasteiger partial charge in [0.15, 0.2) is 0 Å². The van der Waals surface area contributed by atoms with Gasteiger partial charge in [-0.3, -0.25) is 0 Å². The summed E-state index contributed by atoms with van der Waals surface area (Å²) < 4.78 is 0. The Balaban J connectivity index is 0.000000728. The summed E-state index contributed by atoms with van der Waals surface area (Å²) in [5.74, 6) is 0. The maximum atomic E-state index is 2.37. The molecule has 0 aliphatic heterocycles. The fourth-order valence-corrected chi connectivity index (χ4v) is 4.27. The third-order valence-corrected chi connectivity index (χ3v) is 5.98. The minimum absolute atomic E-state index is 1.01. The lowest BCUT2D eigenvalue weighted by molar-refractivity contribution is 1.13. The molecule has 0 bridgehead atoms. The number of anilines is 1. The topological polar surface area (TPSA) is 3.24 Å². The molecule has 0 radical (unpaired) electrons. The fourth-order valence-electron chi connectivity index (χ4n) is 4.27. The molecule has 0 atom stereocenters. The van der Waals surface area contributed by atoms with Crippen LogP contribution in [0.25, 0.3) is 33.4 Å². The van der Waals surface area contributed by atoms with Crippen LogP contribution in [-0.4, -0.2) is 14.1 Å². The monoisotopic (exact) mass is 435 g/mol. The smallest absolute Gasteiger partial charge is 0.0361 e. The fraction of sp³-hybridized carbons (Fsp3) is 0.250. The van der Waals surface area contributed by atoms with Gasteiger partial charge in [-0.1, -0.05) is 106 Å². The standard InChI is InChI=1S/C28H25N.2C2H6/c1-19-4-6-20(7-5-19)22-10-14-27-24(16-22)18-25-17-23(11-15-28(25)27)21-8-12-26(13-9-21)29(2)3;2*1-2/h4-17H,18H2,1-3H3;2*1-2H3. The van der Waals surface area contributed by atoms with E-state index in [-0.39, 0.29) is 0 Å². The van der Waals surface area contributed by atoms with E-state index in [4.69, 9.17) is 0 Å². The highest BCUT2D eigenvalue weighted by Gasteiger charge is 2.19. The largest absolute Gasteiger partial charge is 0.378 e. The maximum absolute atomic E-state index is 2.37. The van der Waals surface area contributed by atoms with E-state index in [1.54, 1.807) is 0 Å². The van der Waals surface area contributed by atoms with E-state index >= 15 is 0 Å². The molecule has 1 heteroatoms. The average Bonchev–Trinajstić information content (AvgIpc) is 3.24. The van der Waals surface area contributed by atoms with E-state index in [2.05, 4.69) is 111 Å². The van der Waals surface area contributed by atoms with Gasteiger partial charge in [-0.05, 0) is 70.0 Å². The molecule has 1 aliphatic carbocycles. The molecule has 4 aromatic carbocycles. The zero-order valence-electron chi connectivity index (χ0n) is 21.2. The molecule has 0 unspecified atom stereocenters. The molecular formula is C32H37N. The molecule has 33 heavy (non-hydrogen) atoms. The molecule has 5 rings (SSSR count). The predicted octanol–water partition coefficient (Wildman–Crippen LogP) is 9.02. The third-order valence-electron chi connectivity index (χ3n) is 5.98. The average molecular weight is 436 g/mol. The van der Waals surface area contributed by atoms with Crippen molar-refractivity contribution >= 4 is 5.69 Å². The number of fused-ring (bicyclic) bond motifs is 3. The third kappa shape index (κ3) is 5.20. The Morgan fingerprint density at radius 3 is 1.33 bits per heavy atom. The van der Waals surface area contributed by atoms with Crippen LogP contribution in [0.3, 0.4) is 0 Å². The van der Waals surface area contributed by atoms with Crippen molar-refractivity contribution in [2.24, 2.45) is 0 Å². The number of hydrogen-bond donors (Lipinski definition) is 0. The first-order valence-electron chi connectivity index (χ1n) is 12.2. The van der Waals surface area contributed by atoms with E-state index in [1.807, 2.05) is 27.7 Å². The van der Waals surface area contributed by atoms with Crippen LogP contribution in [0.1, 0.15) is 44.4 Å². The Bertz CT molecular complexity index is 1180. The van der Waals surface area contributed by atoms with Crippen LogP contribution in [0.4, 0.5) is 5.69 Å². The molecule has 0 amide bonds. The molecular weight excluding hydrogens is 398 g/mol. The highest BCUT2D eigenvalue weighted by atomic mass is 15.1. The van der Waals surface area contributed by atoms with Crippen LogP contribution in [-0.2, 0) is 6.42 Å². The zero-order chi connectivity index (χ0) is 24.0. The lowest BCUT2D eigenvalue weighted by atomic mass is 9.98. The van der Waals surface area contributed by atoms with Crippen molar-refractivity contribution < 1.29 is 0 Å². The molecule has 4 aromatic rings. The van der Waals surface area contributed by atoms with Gasteiger partial charge in [0, 0.05) is 19.8 Å². The molecule has 0 fully saturated rings. The number of rotatable bonds is 3. The Morgan fingerprint density at radius 1 is 0.515 bits per heavy atom. The summed E-state index contributed by atoms with van der Waals surface area (Å²) in [5, 5.41) is 0. The minimum Gasteiger partial charge on any atom is -0.378 e. The summed E-state index contributed by atoms with van der Waals surface area (Å²) in [4.78, 5) is 2.13. The molecule has 1 aliphatic rings. The Kier molecular flexibility index (Phi) is 8.11. The molecule has 170 valence electrons.